The van der Waals surface area contributed by atoms with Crippen LogP contribution in [0.25, 0.3) is 0 Å². The lowest BCUT2D eigenvalue weighted by Crippen LogP contribution is -2.14. The average Bonchev–Trinajstić information content (AvgIpc) is 2.25. The van der Waals surface area contributed by atoms with E-state index in [0.29, 0.717) is 24.8 Å². The lowest BCUT2D eigenvalue weighted by Gasteiger charge is -2.13. The van der Waals surface area contributed by atoms with Gasteiger partial charge in [-0.3, -0.25) is 0 Å². The molecule has 0 bridgehead atoms. The molecule has 0 heterocycles. The molecular formula is C12H17NO2S. The van der Waals surface area contributed by atoms with Crippen LogP contribution in [-0.4, -0.2) is 24.8 Å². The second-order valence-corrected chi connectivity index (χ2v) is 3.80. The molecule has 0 atom stereocenters. The quantitative estimate of drug-likeness (QED) is 0.609. The van der Waals surface area contributed by atoms with Crippen LogP contribution in [0.1, 0.15) is 18.1 Å². The van der Waals surface area contributed by atoms with E-state index in [1.807, 2.05) is 32.0 Å². The monoisotopic (exact) mass is 239 g/mol. The number of rotatable bonds is 6. The molecule has 0 saturated heterocycles. The van der Waals surface area contributed by atoms with Gasteiger partial charge in [-0.2, -0.15) is 0 Å². The van der Waals surface area contributed by atoms with E-state index < -0.39 is 0 Å². The van der Waals surface area contributed by atoms with Crippen molar-refractivity contribution in [1.82, 2.24) is 0 Å². The van der Waals surface area contributed by atoms with Gasteiger partial charge in [0.25, 0.3) is 0 Å². The van der Waals surface area contributed by atoms with E-state index in [0.717, 1.165) is 16.9 Å². The van der Waals surface area contributed by atoms with Crippen LogP contribution in [0.4, 0.5) is 0 Å². The third kappa shape index (κ3) is 3.47. The fraction of sp³-hybridized carbons (Fsp3) is 0.417. The standard InChI is InChI=1S/C12H17NO2S/c1-3-14-7-8-15-11-9(2)5-4-6-10(11)12(13)16/h4-6H,3,7-8H2,1-2H3,(H2,13,16). The molecule has 0 aromatic heterocycles. The van der Waals surface area contributed by atoms with Gasteiger partial charge in [-0.1, -0.05) is 24.4 Å². The maximum absolute atomic E-state index is 5.64. The predicted molar refractivity (Wildman–Crippen MR) is 69.1 cm³/mol. The zero-order chi connectivity index (χ0) is 12.0. The first kappa shape index (κ1) is 12.9. The van der Waals surface area contributed by atoms with Crippen LogP contribution in [0.2, 0.25) is 0 Å². The fourth-order valence-electron chi connectivity index (χ4n) is 1.39. The summed E-state index contributed by atoms with van der Waals surface area (Å²) in [5.41, 5.74) is 7.45. The largest absolute Gasteiger partial charge is 0.490 e. The number of para-hydroxylation sites is 1. The van der Waals surface area contributed by atoms with E-state index >= 15 is 0 Å². The number of hydrogen-bond acceptors (Lipinski definition) is 3. The number of benzene rings is 1. The summed E-state index contributed by atoms with van der Waals surface area (Å²) in [5, 5.41) is 0. The summed E-state index contributed by atoms with van der Waals surface area (Å²) >= 11 is 4.98. The van der Waals surface area contributed by atoms with E-state index in [2.05, 4.69) is 0 Å². The minimum atomic E-state index is 0.357. The van der Waals surface area contributed by atoms with Crippen molar-refractivity contribution in [2.75, 3.05) is 19.8 Å². The Morgan fingerprint density at radius 2 is 2.12 bits per heavy atom. The molecule has 0 unspecified atom stereocenters. The number of thiocarbonyl (C=S) groups is 1. The smallest absolute Gasteiger partial charge is 0.132 e. The van der Waals surface area contributed by atoms with Crippen molar-refractivity contribution in [2.45, 2.75) is 13.8 Å². The molecule has 0 amide bonds. The van der Waals surface area contributed by atoms with Gasteiger partial charge in [-0.25, -0.2) is 0 Å². The minimum absolute atomic E-state index is 0.357. The van der Waals surface area contributed by atoms with Gasteiger partial charge in [-0.15, -0.1) is 0 Å². The maximum atomic E-state index is 5.64. The highest BCUT2D eigenvalue weighted by molar-refractivity contribution is 7.80. The van der Waals surface area contributed by atoms with Crippen LogP contribution in [0, 0.1) is 6.92 Å². The molecular weight excluding hydrogens is 222 g/mol. The van der Waals surface area contributed by atoms with Gasteiger partial charge in [-0.05, 0) is 25.5 Å². The molecule has 16 heavy (non-hydrogen) atoms. The highest BCUT2D eigenvalue weighted by Crippen LogP contribution is 2.23. The van der Waals surface area contributed by atoms with Gasteiger partial charge in [0.05, 0.1) is 12.2 Å². The number of hydrogen-bond donors (Lipinski definition) is 1. The lowest BCUT2D eigenvalue weighted by atomic mass is 10.1. The van der Waals surface area contributed by atoms with Crippen molar-refractivity contribution in [2.24, 2.45) is 5.73 Å². The van der Waals surface area contributed by atoms with Crippen LogP contribution in [0.15, 0.2) is 18.2 Å². The molecule has 2 N–H and O–H groups in total. The van der Waals surface area contributed by atoms with Crippen LogP contribution in [-0.2, 0) is 4.74 Å². The number of ether oxygens (including phenoxy) is 2. The Bertz CT molecular complexity index is 366. The van der Waals surface area contributed by atoms with Gasteiger partial charge < -0.3 is 15.2 Å². The fourth-order valence-corrected chi connectivity index (χ4v) is 1.55. The first-order chi connectivity index (χ1) is 7.66. The zero-order valence-corrected chi connectivity index (χ0v) is 10.5. The molecule has 0 aliphatic carbocycles. The second-order valence-electron chi connectivity index (χ2n) is 3.36. The summed E-state index contributed by atoms with van der Waals surface area (Å²) in [6.07, 6.45) is 0. The Kier molecular flexibility index (Phi) is 5.22. The van der Waals surface area contributed by atoms with E-state index in [9.17, 15) is 0 Å². The Hall–Kier alpha value is -1.13. The van der Waals surface area contributed by atoms with Crippen molar-refractivity contribution >= 4 is 17.2 Å². The molecule has 3 nitrogen and oxygen atoms in total. The number of aryl methyl sites for hydroxylation is 1. The van der Waals surface area contributed by atoms with Gasteiger partial charge in [0, 0.05) is 6.61 Å². The Balaban J connectivity index is 2.73. The van der Waals surface area contributed by atoms with Crippen molar-refractivity contribution in [3.63, 3.8) is 0 Å². The van der Waals surface area contributed by atoms with Crippen molar-refractivity contribution < 1.29 is 9.47 Å². The molecule has 1 aromatic carbocycles. The molecule has 0 aliphatic rings. The van der Waals surface area contributed by atoms with Gasteiger partial charge >= 0.3 is 0 Å². The summed E-state index contributed by atoms with van der Waals surface area (Å²) in [7, 11) is 0. The lowest BCUT2D eigenvalue weighted by molar-refractivity contribution is 0.110. The maximum Gasteiger partial charge on any atom is 0.132 e. The normalized spacial score (nSPS) is 10.1. The first-order valence-corrected chi connectivity index (χ1v) is 5.67. The highest BCUT2D eigenvalue weighted by atomic mass is 32.1. The summed E-state index contributed by atoms with van der Waals surface area (Å²) in [5.74, 6) is 0.759. The van der Waals surface area contributed by atoms with E-state index in [4.69, 9.17) is 27.4 Å². The molecule has 0 fully saturated rings. The van der Waals surface area contributed by atoms with Crippen LogP contribution < -0.4 is 10.5 Å². The van der Waals surface area contributed by atoms with Crippen molar-refractivity contribution in [3.8, 4) is 5.75 Å². The van der Waals surface area contributed by atoms with Crippen molar-refractivity contribution in [3.05, 3.63) is 29.3 Å². The van der Waals surface area contributed by atoms with Crippen molar-refractivity contribution in [1.29, 1.82) is 0 Å². The molecule has 4 heteroatoms. The molecule has 0 aliphatic heterocycles. The average molecular weight is 239 g/mol. The Labute approximate surface area is 102 Å². The van der Waals surface area contributed by atoms with Crippen LogP contribution in [0.5, 0.6) is 5.75 Å². The summed E-state index contributed by atoms with van der Waals surface area (Å²) < 4.78 is 10.8. The Morgan fingerprint density at radius 3 is 2.75 bits per heavy atom. The molecule has 0 saturated carbocycles. The predicted octanol–water partition coefficient (Wildman–Crippen LogP) is 2.04. The molecule has 0 radical (unpaired) electrons. The molecule has 88 valence electrons. The summed E-state index contributed by atoms with van der Waals surface area (Å²) in [4.78, 5) is 0.357. The van der Waals surface area contributed by atoms with Gasteiger partial charge in [0.1, 0.15) is 17.3 Å². The van der Waals surface area contributed by atoms with Crippen LogP contribution in [0.3, 0.4) is 0 Å². The summed E-state index contributed by atoms with van der Waals surface area (Å²) in [6.45, 7) is 5.70. The third-order valence-corrected chi connectivity index (χ3v) is 2.38. The molecule has 0 spiro atoms. The van der Waals surface area contributed by atoms with E-state index in [1.165, 1.54) is 0 Å². The number of nitrogens with two attached hydrogens (primary N) is 1. The van der Waals surface area contributed by atoms with Gasteiger partial charge in [0.15, 0.2) is 0 Å². The highest BCUT2D eigenvalue weighted by Gasteiger charge is 2.08. The van der Waals surface area contributed by atoms with Gasteiger partial charge in [0.2, 0.25) is 0 Å². The minimum Gasteiger partial charge on any atom is -0.490 e. The van der Waals surface area contributed by atoms with Crippen LogP contribution >= 0.6 is 12.2 Å². The first-order valence-electron chi connectivity index (χ1n) is 5.26. The zero-order valence-electron chi connectivity index (χ0n) is 9.66. The van der Waals surface area contributed by atoms with E-state index in [-0.39, 0.29) is 0 Å². The summed E-state index contributed by atoms with van der Waals surface area (Å²) in [6, 6.07) is 5.75. The Morgan fingerprint density at radius 1 is 1.38 bits per heavy atom. The topological polar surface area (TPSA) is 44.5 Å². The third-order valence-electron chi connectivity index (χ3n) is 2.16. The second kappa shape index (κ2) is 6.45. The molecule has 1 rings (SSSR count). The van der Waals surface area contributed by atoms with E-state index in [1.54, 1.807) is 0 Å². The molecule has 1 aromatic rings. The SMILES string of the molecule is CCOCCOc1c(C)cccc1C(N)=S.